The van der Waals surface area contributed by atoms with Gasteiger partial charge in [-0.1, -0.05) is 60.2 Å². The first-order valence-corrected chi connectivity index (χ1v) is 11.6. The Balaban J connectivity index is 1.52. The van der Waals surface area contributed by atoms with Crippen LogP contribution in [0.5, 0.6) is 0 Å². The number of anilines is 2. The fraction of sp³-hybridized carbons (Fsp3) is 0.269. The van der Waals surface area contributed by atoms with Crippen LogP contribution in [0.15, 0.2) is 59.7 Å². The van der Waals surface area contributed by atoms with E-state index in [0.29, 0.717) is 60.6 Å². The number of aromatic nitrogens is 4. The predicted octanol–water partition coefficient (Wildman–Crippen LogP) is 3.61. The van der Waals surface area contributed by atoms with Crippen molar-refractivity contribution in [1.29, 1.82) is 0 Å². The van der Waals surface area contributed by atoms with Gasteiger partial charge in [-0.25, -0.2) is 4.98 Å². The highest BCUT2D eigenvalue weighted by atomic mass is 16.5. The standard InChI is InChI=1S/C26H27N7O2/c1-18-7-6-8-20(15-18)16-27-31-24-23-25(30-26(29-24)32-11-13-35-14-12-32)33(19(2)28-23)17-22(34)21-9-4-3-5-10-21/h3-10,15-16H,11-14,17H2,1-2H3,(H,29,30,31)/b27-16+. The molecule has 1 N–H and O–H groups in total. The van der Waals surface area contributed by atoms with E-state index in [1.165, 1.54) is 0 Å². The summed E-state index contributed by atoms with van der Waals surface area (Å²) in [4.78, 5) is 29.3. The van der Waals surface area contributed by atoms with E-state index in [-0.39, 0.29) is 12.3 Å². The van der Waals surface area contributed by atoms with Gasteiger partial charge in [-0.05, 0) is 19.4 Å². The van der Waals surface area contributed by atoms with E-state index in [1.807, 2.05) is 73.0 Å². The van der Waals surface area contributed by atoms with Crippen LogP contribution in [-0.4, -0.2) is 57.8 Å². The van der Waals surface area contributed by atoms with Gasteiger partial charge in [0.25, 0.3) is 0 Å². The van der Waals surface area contributed by atoms with Crippen molar-refractivity contribution < 1.29 is 9.53 Å². The SMILES string of the molecule is Cc1cccc(/C=N/Nc2nc(N3CCOCC3)nc3c2nc(C)n3CC(=O)c2ccccc2)c1. The number of benzene rings is 2. The Morgan fingerprint density at radius 3 is 2.63 bits per heavy atom. The number of nitrogens with zero attached hydrogens (tertiary/aromatic N) is 6. The molecular formula is C26H27N7O2. The number of morpholine rings is 1. The number of imidazole rings is 1. The lowest BCUT2D eigenvalue weighted by atomic mass is 10.1. The quantitative estimate of drug-likeness (QED) is 0.251. The Hall–Kier alpha value is -4.11. The molecule has 0 unspecified atom stereocenters. The van der Waals surface area contributed by atoms with E-state index in [1.54, 1.807) is 6.21 Å². The van der Waals surface area contributed by atoms with E-state index < -0.39 is 0 Å². The van der Waals surface area contributed by atoms with Crippen LogP contribution in [0.4, 0.5) is 11.8 Å². The fourth-order valence-electron chi connectivity index (χ4n) is 4.05. The summed E-state index contributed by atoms with van der Waals surface area (Å²) in [5.41, 5.74) is 7.01. The normalized spacial score (nSPS) is 14.1. The highest BCUT2D eigenvalue weighted by Crippen LogP contribution is 2.25. The second kappa shape index (κ2) is 10.0. The molecule has 178 valence electrons. The van der Waals surface area contributed by atoms with Crippen molar-refractivity contribution in [3.8, 4) is 0 Å². The number of ether oxygens (including phenoxy) is 1. The Bertz CT molecular complexity index is 1380. The summed E-state index contributed by atoms with van der Waals surface area (Å²) in [7, 11) is 0. The van der Waals surface area contributed by atoms with Crippen molar-refractivity contribution in [3.63, 3.8) is 0 Å². The zero-order valence-corrected chi connectivity index (χ0v) is 19.8. The molecule has 1 saturated heterocycles. The molecule has 0 bridgehead atoms. The molecule has 0 spiro atoms. The zero-order valence-electron chi connectivity index (χ0n) is 19.8. The van der Waals surface area contributed by atoms with Gasteiger partial charge in [0, 0.05) is 18.7 Å². The smallest absolute Gasteiger partial charge is 0.229 e. The second-order valence-electron chi connectivity index (χ2n) is 8.46. The molecular weight excluding hydrogens is 442 g/mol. The number of hydrazone groups is 1. The molecule has 2 aromatic carbocycles. The number of rotatable bonds is 7. The van der Waals surface area contributed by atoms with Crippen LogP contribution < -0.4 is 10.3 Å². The molecule has 0 radical (unpaired) electrons. The number of hydrogen-bond donors (Lipinski definition) is 1. The highest BCUT2D eigenvalue weighted by Gasteiger charge is 2.22. The Labute approximate surface area is 203 Å². The third kappa shape index (κ3) is 5.04. The summed E-state index contributed by atoms with van der Waals surface area (Å²) in [5.74, 6) is 1.73. The first kappa shape index (κ1) is 22.7. The fourth-order valence-corrected chi connectivity index (χ4v) is 4.05. The van der Waals surface area contributed by atoms with Crippen molar-refractivity contribution in [2.45, 2.75) is 20.4 Å². The van der Waals surface area contributed by atoms with Gasteiger partial charge in [0.05, 0.1) is 26.0 Å². The molecule has 1 fully saturated rings. The van der Waals surface area contributed by atoms with Crippen LogP contribution in [0.25, 0.3) is 11.2 Å². The Morgan fingerprint density at radius 2 is 1.86 bits per heavy atom. The summed E-state index contributed by atoms with van der Waals surface area (Å²) < 4.78 is 7.33. The molecule has 35 heavy (non-hydrogen) atoms. The summed E-state index contributed by atoms with van der Waals surface area (Å²) in [5, 5.41) is 4.41. The molecule has 0 amide bonds. The molecule has 4 aromatic rings. The maximum absolute atomic E-state index is 13.0. The lowest BCUT2D eigenvalue weighted by molar-refractivity contribution is 0.0972. The number of Topliss-reactive ketones (excluding diaryl/α,β-unsaturated/α-hetero) is 1. The van der Waals surface area contributed by atoms with E-state index in [0.717, 1.165) is 11.1 Å². The van der Waals surface area contributed by atoms with E-state index in [4.69, 9.17) is 19.7 Å². The van der Waals surface area contributed by atoms with E-state index >= 15 is 0 Å². The number of ketones is 1. The zero-order chi connectivity index (χ0) is 24.2. The van der Waals surface area contributed by atoms with Crippen LogP contribution in [0.3, 0.4) is 0 Å². The van der Waals surface area contributed by atoms with Crippen molar-refractivity contribution in [2.24, 2.45) is 5.10 Å². The number of fused-ring (bicyclic) bond motifs is 1. The van der Waals surface area contributed by atoms with Crippen molar-refractivity contribution in [3.05, 3.63) is 77.1 Å². The van der Waals surface area contributed by atoms with Crippen LogP contribution in [0.2, 0.25) is 0 Å². The average molecular weight is 470 g/mol. The third-order valence-corrected chi connectivity index (χ3v) is 5.89. The van der Waals surface area contributed by atoms with Gasteiger partial charge in [-0.15, -0.1) is 0 Å². The highest BCUT2D eigenvalue weighted by molar-refractivity contribution is 5.97. The molecule has 0 atom stereocenters. The average Bonchev–Trinajstić information content (AvgIpc) is 3.20. The molecule has 0 aliphatic carbocycles. The van der Waals surface area contributed by atoms with Gasteiger partial charge in [0.1, 0.15) is 5.82 Å². The number of hydrogen-bond acceptors (Lipinski definition) is 8. The van der Waals surface area contributed by atoms with Crippen LogP contribution >= 0.6 is 0 Å². The number of carbonyl (C=O) groups is 1. The number of aryl methyl sites for hydroxylation is 2. The Kier molecular flexibility index (Phi) is 6.49. The lowest BCUT2D eigenvalue weighted by Crippen LogP contribution is -2.37. The van der Waals surface area contributed by atoms with Gasteiger partial charge < -0.3 is 14.2 Å². The first-order chi connectivity index (χ1) is 17.1. The van der Waals surface area contributed by atoms with Crippen molar-refractivity contribution >= 4 is 34.9 Å². The second-order valence-corrected chi connectivity index (χ2v) is 8.46. The topological polar surface area (TPSA) is 97.5 Å². The molecule has 5 rings (SSSR count). The summed E-state index contributed by atoms with van der Waals surface area (Å²) in [6, 6.07) is 17.3. The van der Waals surface area contributed by atoms with Gasteiger partial charge in [-0.3, -0.25) is 10.2 Å². The molecule has 2 aromatic heterocycles. The van der Waals surface area contributed by atoms with Crippen molar-refractivity contribution in [1.82, 2.24) is 19.5 Å². The summed E-state index contributed by atoms with van der Waals surface area (Å²) in [6.45, 7) is 6.65. The molecule has 3 heterocycles. The van der Waals surface area contributed by atoms with E-state index in [2.05, 4.69) is 15.4 Å². The molecule has 9 heteroatoms. The van der Waals surface area contributed by atoms with Crippen molar-refractivity contribution in [2.75, 3.05) is 36.6 Å². The lowest BCUT2D eigenvalue weighted by Gasteiger charge is -2.27. The van der Waals surface area contributed by atoms with E-state index in [9.17, 15) is 4.79 Å². The molecule has 1 aliphatic heterocycles. The van der Waals surface area contributed by atoms with Gasteiger partial charge in [-0.2, -0.15) is 15.1 Å². The minimum atomic E-state index is -0.00786. The van der Waals surface area contributed by atoms with Crippen LogP contribution in [0, 0.1) is 13.8 Å². The monoisotopic (exact) mass is 469 g/mol. The largest absolute Gasteiger partial charge is 0.378 e. The molecule has 9 nitrogen and oxygen atoms in total. The van der Waals surface area contributed by atoms with Gasteiger partial charge in [0.2, 0.25) is 5.95 Å². The summed E-state index contributed by atoms with van der Waals surface area (Å²) >= 11 is 0. The van der Waals surface area contributed by atoms with Crippen LogP contribution in [-0.2, 0) is 11.3 Å². The number of nitrogens with one attached hydrogen (secondary N) is 1. The van der Waals surface area contributed by atoms with Gasteiger partial charge in [0.15, 0.2) is 22.8 Å². The third-order valence-electron chi connectivity index (χ3n) is 5.89. The minimum absolute atomic E-state index is 0.00786. The van der Waals surface area contributed by atoms with Gasteiger partial charge >= 0.3 is 0 Å². The molecule has 0 saturated carbocycles. The maximum atomic E-state index is 13.0. The number of carbonyl (C=O) groups excluding carboxylic acids is 1. The minimum Gasteiger partial charge on any atom is -0.378 e. The first-order valence-electron chi connectivity index (χ1n) is 11.6. The summed E-state index contributed by atoms with van der Waals surface area (Å²) in [6.07, 6.45) is 1.75. The maximum Gasteiger partial charge on any atom is 0.229 e. The molecule has 1 aliphatic rings. The predicted molar refractivity (Wildman–Crippen MR) is 136 cm³/mol. The Morgan fingerprint density at radius 1 is 1.06 bits per heavy atom. The van der Waals surface area contributed by atoms with Crippen LogP contribution in [0.1, 0.15) is 27.3 Å².